The summed E-state index contributed by atoms with van der Waals surface area (Å²) in [6.45, 7) is 1.03. The van der Waals surface area contributed by atoms with Crippen LogP contribution in [0.1, 0.15) is 24.8 Å². The molecule has 3 aliphatic rings. The van der Waals surface area contributed by atoms with E-state index in [9.17, 15) is 9.59 Å². The molecule has 1 heterocycles. The molecule has 0 spiro atoms. The average Bonchev–Trinajstić information content (AvgIpc) is 3.23. The maximum atomic E-state index is 11.6. The zero-order valence-electron chi connectivity index (χ0n) is 13.1. The molecule has 4 nitrogen and oxygen atoms in total. The van der Waals surface area contributed by atoms with Crippen molar-refractivity contribution >= 4 is 17.5 Å². The Bertz CT molecular complexity index is 650. The number of carbonyl (C=O) groups is 2. The summed E-state index contributed by atoms with van der Waals surface area (Å²) in [7, 11) is 0. The number of anilines is 1. The molecule has 1 aliphatic heterocycles. The Morgan fingerprint density at radius 2 is 1.91 bits per heavy atom. The quantitative estimate of drug-likeness (QED) is 0.649. The first kappa shape index (κ1) is 14.5. The van der Waals surface area contributed by atoms with Crippen LogP contribution in [0.2, 0.25) is 0 Å². The minimum Gasteiger partial charge on any atom is -0.385 e. The molecule has 120 valence electrons. The Morgan fingerprint density at radius 3 is 2.52 bits per heavy atom. The number of hydrogen-bond donors (Lipinski definition) is 2. The van der Waals surface area contributed by atoms with Crippen molar-refractivity contribution in [2.24, 2.45) is 23.7 Å². The normalized spacial score (nSPS) is 31.7. The van der Waals surface area contributed by atoms with Crippen molar-refractivity contribution in [3.8, 4) is 0 Å². The minimum absolute atomic E-state index is 0.137. The molecular formula is C19H22N2O2. The number of rotatable bonds is 5. The third kappa shape index (κ3) is 3.03. The molecule has 0 radical (unpaired) electrons. The fourth-order valence-corrected chi connectivity index (χ4v) is 4.19. The number of hydrogen-bond acceptors (Lipinski definition) is 3. The van der Waals surface area contributed by atoms with Crippen molar-refractivity contribution in [2.45, 2.75) is 25.7 Å². The zero-order valence-corrected chi connectivity index (χ0v) is 13.1. The predicted octanol–water partition coefficient (Wildman–Crippen LogP) is 2.52. The summed E-state index contributed by atoms with van der Waals surface area (Å²) >= 11 is 0. The predicted molar refractivity (Wildman–Crippen MR) is 88.7 cm³/mol. The molecule has 4 heteroatoms. The summed E-state index contributed by atoms with van der Waals surface area (Å²) in [6, 6.07) is 8.26. The maximum absolute atomic E-state index is 11.6. The van der Waals surface area contributed by atoms with E-state index in [1.807, 2.05) is 0 Å². The lowest BCUT2D eigenvalue weighted by Crippen LogP contribution is -2.22. The fraction of sp³-hybridized carbons (Fsp3) is 0.474. The van der Waals surface area contributed by atoms with Crippen molar-refractivity contribution in [3.63, 3.8) is 0 Å². The van der Waals surface area contributed by atoms with Crippen LogP contribution in [0.5, 0.6) is 0 Å². The number of imide groups is 1. The van der Waals surface area contributed by atoms with Gasteiger partial charge in [-0.05, 0) is 54.7 Å². The first-order valence-corrected chi connectivity index (χ1v) is 8.52. The van der Waals surface area contributed by atoms with Gasteiger partial charge in [0.15, 0.2) is 0 Å². The van der Waals surface area contributed by atoms with Gasteiger partial charge < -0.3 is 5.32 Å². The molecule has 1 aromatic rings. The summed E-state index contributed by atoms with van der Waals surface area (Å²) in [6.07, 6.45) is 8.37. The third-order valence-corrected chi connectivity index (χ3v) is 5.49. The van der Waals surface area contributed by atoms with E-state index in [1.54, 1.807) is 0 Å². The van der Waals surface area contributed by atoms with Gasteiger partial charge in [-0.15, -0.1) is 0 Å². The molecule has 23 heavy (non-hydrogen) atoms. The smallest absolute Gasteiger partial charge is 0.230 e. The van der Waals surface area contributed by atoms with E-state index in [0.29, 0.717) is 12.8 Å². The van der Waals surface area contributed by atoms with Gasteiger partial charge in [-0.2, -0.15) is 0 Å². The van der Waals surface area contributed by atoms with Crippen molar-refractivity contribution in [1.82, 2.24) is 5.32 Å². The van der Waals surface area contributed by atoms with Crippen LogP contribution in [0.25, 0.3) is 0 Å². The molecule has 2 bridgehead atoms. The summed E-state index contributed by atoms with van der Waals surface area (Å²) in [5, 5.41) is 5.91. The molecule has 1 saturated heterocycles. The SMILES string of the molecule is O=C1C[C@@H](Cc2ccc(NC[C@@H]3C[C@H]4C=C[C@H]3C4)cc2)C(=O)N1. The van der Waals surface area contributed by atoms with Gasteiger partial charge in [-0.3, -0.25) is 14.9 Å². The average molecular weight is 310 g/mol. The van der Waals surface area contributed by atoms with Gasteiger partial charge >= 0.3 is 0 Å². The Hall–Kier alpha value is -2.10. The fourth-order valence-electron chi connectivity index (χ4n) is 4.19. The molecule has 4 rings (SSSR count). The van der Waals surface area contributed by atoms with Crippen molar-refractivity contribution in [3.05, 3.63) is 42.0 Å². The van der Waals surface area contributed by atoms with Crippen LogP contribution < -0.4 is 10.6 Å². The van der Waals surface area contributed by atoms with Gasteiger partial charge in [-0.25, -0.2) is 0 Å². The van der Waals surface area contributed by atoms with Crippen LogP contribution in [0.4, 0.5) is 5.69 Å². The van der Waals surface area contributed by atoms with Gasteiger partial charge in [-0.1, -0.05) is 24.3 Å². The maximum Gasteiger partial charge on any atom is 0.230 e. The Labute approximate surface area is 136 Å². The summed E-state index contributed by atoms with van der Waals surface area (Å²) in [5.41, 5.74) is 2.24. The first-order chi connectivity index (χ1) is 11.2. The highest BCUT2D eigenvalue weighted by atomic mass is 16.2. The molecule has 4 atom stereocenters. The monoisotopic (exact) mass is 310 g/mol. The lowest BCUT2D eigenvalue weighted by molar-refractivity contribution is -0.125. The van der Waals surface area contributed by atoms with Gasteiger partial charge in [0.25, 0.3) is 0 Å². The van der Waals surface area contributed by atoms with E-state index >= 15 is 0 Å². The van der Waals surface area contributed by atoms with Crippen LogP contribution >= 0.6 is 0 Å². The summed E-state index contributed by atoms with van der Waals surface area (Å²) in [4.78, 5) is 22.8. The molecule has 2 aliphatic carbocycles. The van der Waals surface area contributed by atoms with Crippen LogP contribution in [0.15, 0.2) is 36.4 Å². The van der Waals surface area contributed by atoms with E-state index < -0.39 is 0 Å². The van der Waals surface area contributed by atoms with E-state index in [0.717, 1.165) is 35.5 Å². The Kier molecular flexibility index (Phi) is 3.68. The van der Waals surface area contributed by atoms with Crippen molar-refractivity contribution in [2.75, 3.05) is 11.9 Å². The molecule has 2 N–H and O–H groups in total. The van der Waals surface area contributed by atoms with Crippen LogP contribution in [-0.4, -0.2) is 18.4 Å². The number of nitrogens with one attached hydrogen (secondary N) is 2. The van der Waals surface area contributed by atoms with E-state index in [2.05, 4.69) is 47.1 Å². The second-order valence-corrected chi connectivity index (χ2v) is 7.14. The van der Waals surface area contributed by atoms with Crippen molar-refractivity contribution < 1.29 is 9.59 Å². The standard InChI is InChI=1S/C19H22N2O2/c22-18-10-15(19(23)21-18)7-12-2-5-17(6-3-12)20-11-16-9-13-1-4-14(16)8-13/h1-6,13-16,20H,7-11H2,(H,21,22,23)/t13-,14-,15+,16-/m0/s1. The number of carbonyl (C=O) groups excluding carboxylic acids is 2. The second kappa shape index (κ2) is 5.84. The molecule has 0 aromatic heterocycles. The van der Waals surface area contributed by atoms with Crippen LogP contribution in [-0.2, 0) is 16.0 Å². The Morgan fingerprint density at radius 1 is 1.09 bits per heavy atom. The second-order valence-electron chi connectivity index (χ2n) is 7.14. The summed E-state index contributed by atoms with van der Waals surface area (Å²) < 4.78 is 0. The van der Waals surface area contributed by atoms with E-state index in [-0.39, 0.29) is 17.7 Å². The van der Waals surface area contributed by atoms with Gasteiger partial charge in [0, 0.05) is 18.7 Å². The highest BCUT2D eigenvalue weighted by molar-refractivity contribution is 6.03. The molecular weight excluding hydrogens is 288 g/mol. The summed E-state index contributed by atoms with van der Waals surface area (Å²) in [5.74, 6) is 1.85. The van der Waals surface area contributed by atoms with E-state index in [1.165, 1.54) is 12.8 Å². The zero-order chi connectivity index (χ0) is 15.8. The lowest BCUT2D eigenvalue weighted by Gasteiger charge is -2.19. The number of benzene rings is 1. The topological polar surface area (TPSA) is 58.2 Å². The molecule has 1 aromatic carbocycles. The van der Waals surface area contributed by atoms with Gasteiger partial charge in [0.05, 0.1) is 5.92 Å². The van der Waals surface area contributed by atoms with Gasteiger partial charge in [0.1, 0.15) is 0 Å². The van der Waals surface area contributed by atoms with E-state index in [4.69, 9.17) is 0 Å². The highest BCUT2D eigenvalue weighted by Crippen LogP contribution is 2.43. The molecule has 2 amide bonds. The molecule has 1 saturated carbocycles. The Balaban J connectivity index is 1.30. The first-order valence-electron chi connectivity index (χ1n) is 8.52. The largest absolute Gasteiger partial charge is 0.385 e. The number of fused-ring (bicyclic) bond motifs is 2. The van der Waals surface area contributed by atoms with Crippen LogP contribution in [0.3, 0.4) is 0 Å². The molecule has 0 unspecified atom stereocenters. The van der Waals surface area contributed by atoms with Crippen molar-refractivity contribution in [1.29, 1.82) is 0 Å². The third-order valence-electron chi connectivity index (χ3n) is 5.49. The number of allylic oxidation sites excluding steroid dienone is 2. The minimum atomic E-state index is -0.206. The van der Waals surface area contributed by atoms with Gasteiger partial charge in [0.2, 0.25) is 11.8 Å². The lowest BCUT2D eigenvalue weighted by atomic mass is 9.93. The highest BCUT2D eigenvalue weighted by Gasteiger charge is 2.35. The van der Waals surface area contributed by atoms with Crippen LogP contribution in [0, 0.1) is 23.7 Å². The molecule has 2 fully saturated rings. The number of amides is 2.